The van der Waals surface area contributed by atoms with E-state index in [1.54, 1.807) is 0 Å². The molecule has 0 atom stereocenters. The summed E-state index contributed by atoms with van der Waals surface area (Å²) in [5.74, 6) is -1.90. The number of likely N-dealkylation sites (tertiary alicyclic amines) is 2. The number of hydrogen-bond acceptors (Lipinski definition) is 4. The van der Waals surface area contributed by atoms with Gasteiger partial charge in [-0.25, -0.2) is 0 Å². The summed E-state index contributed by atoms with van der Waals surface area (Å²) in [4.78, 5) is 24.8. The van der Waals surface area contributed by atoms with Crippen LogP contribution in [0.5, 0.6) is 0 Å². The second-order valence-electron chi connectivity index (χ2n) is 14.7. The minimum absolute atomic E-state index is 0.0949. The number of rotatable bonds is 11. The average Bonchev–Trinajstić information content (AvgIpc) is 2.71. The van der Waals surface area contributed by atoms with Crippen LogP contribution < -0.4 is 10.2 Å². The van der Waals surface area contributed by atoms with Crippen molar-refractivity contribution in [3.63, 3.8) is 0 Å². The third kappa shape index (κ3) is 4.52. The van der Waals surface area contributed by atoms with Crippen molar-refractivity contribution in [2.45, 2.75) is 167 Å². The Bertz CT molecular complexity index is 736. The summed E-state index contributed by atoms with van der Waals surface area (Å²) in [6.07, 6.45) is 10.9. The number of carbonyl (C=O) groups excluding carboxylic acids is 2. The largest absolute Gasteiger partial charge is 0.550 e. The molecule has 210 valence electrons. The van der Waals surface area contributed by atoms with E-state index >= 15 is 0 Å². The van der Waals surface area contributed by atoms with E-state index in [2.05, 4.69) is 69.5 Å². The Balaban J connectivity index is 2.70. The zero-order valence-electron chi connectivity index (χ0n) is 25.2. The van der Waals surface area contributed by atoms with Crippen LogP contribution in [0.25, 0.3) is 0 Å². The first-order valence-corrected chi connectivity index (χ1v) is 14.4. The highest BCUT2D eigenvalue weighted by Crippen LogP contribution is 2.60. The van der Waals surface area contributed by atoms with Gasteiger partial charge in [0.25, 0.3) is 5.66 Å². The summed E-state index contributed by atoms with van der Waals surface area (Å²) in [5, 5.41) is 24.8. The summed E-state index contributed by atoms with van der Waals surface area (Å²) >= 11 is 0. The summed E-state index contributed by atoms with van der Waals surface area (Å²) in [6.45, 7) is 18.2. The van der Waals surface area contributed by atoms with Crippen LogP contribution in [-0.2, 0) is 9.59 Å². The molecule has 0 aliphatic carbocycles. The quantitative estimate of drug-likeness (QED) is 0.308. The lowest BCUT2D eigenvalue weighted by molar-refractivity contribution is -1.21. The first-order chi connectivity index (χ1) is 16.3. The minimum atomic E-state index is -1.13. The molecule has 0 spiro atoms. The van der Waals surface area contributed by atoms with E-state index in [9.17, 15) is 19.8 Å². The zero-order valence-corrected chi connectivity index (χ0v) is 25.2. The van der Waals surface area contributed by atoms with Gasteiger partial charge >= 0.3 is 0 Å². The molecule has 0 aromatic heterocycles. The zero-order chi connectivity index (χ0) is 27.8. The van der Waals surface area contributed by atoms with Crippen LogP contribution in [0.3, 0.4) is 0 Å². The minimum Gasteiger partial charge on any atom is -0.550 e. The molecule has 0 aromatic carbocycles. The molecule has 6 nitrogen and oxygen atoms in total. The molecular formula is C30H56N2O4. The van der Waals surface area contributed by atoms with Gasteiger partial charge in [0.05, 0.1) is 42.7 Å². The highest BCUT2D eigenvalue weighted by Gasteiger charge is 2.77. The van der Waals surface area contributed by atoms with Crippen LogP contribution in [0.4, 0.5) is 0 Å². The first kappa shape index (κ1) is 31.1. The summed E-state index contributed by atoms with van der Waals surface area (Å²) in [5.41, 5.74) is -2.07. The molecular weight excluding hydrogens is 452 g/mol. The molecule has 2 aliphatic heterocycles. The van der Waals surface area contributed by atoms with Gasteiger partial charge in [0.2, 0.25) is 0 Å². The van der Waals surface area contributed by atoms with Crippen LogP contribution >= 0.6 is 0 Å². The van der Waals surface area contributed by atoms with E-state index in [1.807, 2.05) is 0 Å². The van der Waals surface area contributed by atoms with E-state index in [-0.39, 0.29) is 28.6 Å². The van der Waals surface area contributed by atoms with E-state index in [0.29, 0.717) is 21.8 Å². The van der Waals surface area contributed by atoms with Gasteiger partial charge < -0.3 is 19.8 Å². The number of likely N-dealkylation sites (N-methyl/N-ethyl adjacent to an activating group) is 2. The average molecular weight is 509 g/mol. The number of hydrogen-bond donors (Lipinski definition) is 0. The molecule has 0 radical (unpaired) electrons. The molecule has 36 heavy (non-hydrogen) atoms. The second kappa shape index (κ2) is 10.2. The molecule has 0 unspecified atom stereocenters. The van der Waals surface area contributed by atoms with Crippen LogP contribution in [-0.4, -0.2) is 62.8 Å². The van der Waals surface area contributed by atoms with E-state index < -0.39 is 17.6 Å². The number of carbonyl (C=O) groups is 2. The fourth-order valence-corrected chi connectivity index (χ4v) is 8.93. The summed E-state index contributed by atoms with van der Waals surface area (Å²) in [6, 6.07) is 0. The second-order valence-corrected chi connectivity index (χ2v) is 14.7. The lowest BCUT2D eigenvalue weighted by Gasteiger charge is -2.76. The van der Waals surface area contributed by atoms with Gasteiger partial charge in [0, 0.05) is 31.7 Å². The van der Waals surface area contributed by atoms with Crippen molar-refractivity contribution in [3.05, 3.63) is 0 Å². The Morgan fingerprint density at radius 2 is 0.972 bits per heavy atom. The SMILES string of the molecule is CC1(C)CCCC(C)(C)[N+]1(C)C(CCCCCCCC(=O)[O-])(C(=O)[O-])[N+]1(C)C(C)(C)CCCC1(C)C. The maximum atomic E-state index is 14.0. The van der Waals surface area contributed by atoms with Crippen LogP contribution in [0.15, 0.2) is 0 Å². The van der Waals surface area contributed by atoms with Gasteiger partial charge in [-0.05, 0) is 87.5 Å². The van der Waals surface area contributed by atoms with Crippen molar-refractivity contribution in [3.8, 4) is 0 Å². The van der Waals surface area contributed by atoms with Gasteiger partial charge in [-0.2, -0.15) is 0 Å². The Labute approximate surface area is 221 Å². The first-order valence-electron chi connectivity index (χ1n) is 14.4. The fraction of sp³-hybridized carbons (Fsp3) is 0.933. The number of carboxylic acid groups (broad SMARTS) is 2. The Morgan fingerprint density at radius 1 is 0.639 bits per heavy atom. The number of unbranched alkanes of at least 4 members (excludes halogenated alkanes) is 4. The molecule has 2 rings (SSSR count). The third-order valence-corrected chi connectivity index (χ3v) is 11.7. The highest BCUT2D eigenvalue weighted by molar-refractivity contribution is 5.73. The standard InChI is InChI=1S/C30H56N2O4/c1-26(2)19-16-20-27(3,4)31(26,9)30(25(35)36,23-15-13-11-12-14-18-24(33)34)32(10)28(5,6)21-17-22-29(32,7)8/h11-23H2,1-10H3. The van der Waals surface area contributed by atoms with Gasteiger partial charge in [-0.15, -0.1) is 0 Å². The number of piperidine rings is 2. The molecule has 0 N–H and O–H groups in total. The number of nitrogens with zero attached hydrogens (tertiary/aromatic N) is 2. The predicted octanol–water partition coefficient (Wildman–Crippen LogP) is 4.29. The maximum absolute atomic E-state index is 14.0. The highest BCUT2D eigenvalue weighted by atomic mass is 16.4. The van der Waals surface area contributed by atoms with Crippen molar-refractivity contribution in [2.24, 2.45) is 0 Å². The Kier molecular flexibility index (Phi) is 8.81. The predicted molar refractivity (Wildman–Crippen MR) is 141 cm³/mol. The van der Waals surface area contributed by atoms with E-state index in [0.717, 1.165) is 64.2 Å². The summed E-state index contributed by atoms with van der Waals surface area (Å²) < 4.78 is 0.923. The van der Waals surface area contributed by atoms with E-state index in [1.165, 1.54) is 0 Å². The molecule has 2 aliphatic rings. The van der Waals surface area contributed by atoms with Gasteiger partial charge in [0.1, 0.15) is 0 Å². The van der Waals surface area contributed by atoms with Gasteiger partial charge in [-0.1, -0.05) is 19.3 Å². The molecule has 0 aromatic rings. The number of aliphatic carboxylic acids is 2. The van der Waals surface area contributed by atoms with Gasteiger partial charge in [-0.3, -0.25) is 8.97 Å². The monoisotopic (exact) mass is 508 g/mol. The molecule has 0 bridgehead atoms. The van der Waals surface area contributed by atoms with Crippen LogP contribution in [0.2, 0.25) is 0 Å². The maximum Gasteiger partial charge on any atom is 0.268 e. The van der Waals surface area contributed by atoms with E-state index in [4.69, 9.17) is 0 Å². The van der Waals surface area contributed by atoms with Crippen molar-refractivity contribution in [1.29, 1.82) is 0 Å². The molecule has 2 heterocycles. The number of carboxylic acids is 2. The smallest absolute Gasteiger partial charge is 0.268 e. The van der Waals surface area contributed by atoms with Crippen molar-refractivity contribution in [2.75, 3.05) is 14.1 Å². The third-order valence-electron chi connectivity index (χ3n) is 11.7. The Morgan fingerprint density at radius 3 is 1.31 bits per heavy atom. The normalized spacial score (nSPS) is 25.7. The topological polar surface area (TPSA) is 80.3 Å². The van der Waals surface area contributed by atoms with Crippen LogP contribution in [0.1, 0.15) is 139 Å². The summed E-state index contributed by atoms with van der Waals surface area (Å²) in [7, 11) is 4.47. The fourth-order valence-electron chi connectivity index (χ4n) is 8.93. The molecule has 2 fully saturated rings. The van der Waals surface area contributed by atoms with Crippen LogP contribution in [0, 0.1) is 0 Å². The Hall–Kier alpha value is -1.14. The van der Waals surface area contributed by atoms with Crippen molar-refractivity contribution < 1.29 is 28.8 Å². The van der Waals surface area contributed by atoms with Crippen molar-refractivity contribution in [1.82, 2.24) is 0 Å². The van der Waals surface area contributed by atoms with Crippen molar-refractivity contribution >= 4 is 11.9 Å². The lowest BCUT2D eigenvalue weighted by Crippen LogP contribution is -2.96. The molecule has 0 saturated carbocycles. The molecule has 2 saturated heterocycles. The number of quaternary nitrogens is 2. The lowest BCUT2D eigenvalue weighted by atomic mass is 9.66. The van der Waals surface area contributed by atoms with Gasteiger partial charge in [0.15, 0.2) is 5.97 Å². The molecule has 0 amide bonds. The molecule has 6 heteroatoms.